The quantitative estimate of drug-likeness (QED) is 0.0755. The highest BCUT2D eigenvalue weighted by atomic mass is 32.2. The number of aromatic nitrogens is 3. The van der Waals surface area contributed by atoms with Crippen molar-refractivity contribution in [2.45, 2.75) is 99.9 Å². The summed E-state index contributed by atoms with van der Waals surface area (Å²) in [6.07, 6.45) is 18.2. The van der Waals surface area contributed by atoms with E-state index in [2.05, 4.69) is 59.1 Å². The molecule has 64 heavy (non-hydrogen) atoms. The molecule has 0 radical (unpaired) electrons. The average molecular weight is 889 g/mol. The van der Waals surface area contributed by atoms with Gasteiger partial charge in [-0.2, -0.15) is 0 Å². The molecule has 15 nitrogen and oxygen atoms in total. The van der Waals surface area contributed by atoms with Crippen molar-refractivity contribution in [2.24, 2.45) is 11.3 Å². The summed E-state index contributed by atoms with van der Waals surface area (Å²) in [5, 5.41) is 15.9. The number of carbonyl (C=O) groups excluding carboxylic acids is 1. The minimum atomic E-state index is -4.60. The van der Waals surface area contributed by atoms with Crippen LogP contribution in [-0.2, 0) is 14.8 Å². The summed E-state index contributed by atoms with van der Waals surface area (Å²) < 4.78 is 41.2. The van der Waals surface area contributed by atoms with Gasteiger partial charge in [0.25, 0.3) is 15.9 Å². The van der Waals surface area contributed by atoms with Gasteiger partial charge in [0.05, 0.1) is 22.9 Å². The van der Waals surface area contributed by atoms with Crippen LogP contribution in [-0.4, -0.2) is 84.5 Å². The standard InChI is InChI=1S/C48H56N8O7S/c57-47(53-64(60,61)38-28-43(56(58)59)46(52-31-38)50-29-32-14-24-62-25-15-32)41-10-9-36(27-44(41)63-37-26-34-13-20-49-45(34)51-30-37)54-22-18-48(19-23-54)16-11-35(12-17-48)55-21-3-6-42(55)40-5-2-1-4-39(40)33-7-8-33/h1-2,4-5,9-10,13,20,26-28,30-33,35,42H,3,6-8,11-12,14-19,21-25,29H2,(H,49,51)(H,50,52)(H,53,57)/t42-/m1/s1. The van der Waals surface area contributed by atoms with Crippen LogP contribution in [0, 0.1) is 21.4 Å². The van der Waals surface area contributed by atoms with Crippen molar-refractivity contribution in [3.05, 3.63) is 106 Å². The fraction of sp³-hybridized carbons (Fsp3) is 0.479. The predicted molar refractivity (Wildman–Crippen MR) is 243 cm³/mol. The number of aromatic amines is 1. The molecule has 1 atom stereocenters. The number of H-pyrrole nitrogens is 1. The number of hydrogen-bond acceptors (Lipinski definition) is 12. The van der Waals surface area contributed by atoms with E-state index < -0.39 is 31.4 Å². The molecule has 2 saturated carbocycles. The number of nitrogens with one attached hydrogen (secondary N) is 3. The summed E-state index contributed by atoms with van der Waals surface area (Å²) >= 11 is 0. The van der Waals surface area contributed by atoms with E-state index in [1.54, 1.807) is 41.7 Å². The minimum Gasteiger partial charge on any atom is -0.455 e. The van der Waals surface area contributed by atoms with E-state index in [0.29, 0.717) is 48.7 Å². The first-order valence-electron chi connectivity index (χ1n) is 23.0. The van der Waals surface area contributed by atoms with Crippen molar-refractivity contribution in [2.75, 3.05) is 49.6 Å². The van der Waals surface area contributed by atoms with Gasteiger partial charge in [-0.05, 0) is 136 Å². The second-order valence-corrected chi connectivity index (χ2v) is 20.2. The zero-order valence-corrected chi connectivity index (χ0v) is 36.9. The Balaban J connectivity index is 0.831. The fourth-order valence-electron chi connectivity index (χ4n) is 10.8. The van der Waals surface area contributed by atoms with Gasteiger partial charge >= 0.3 is 5.69 Å². The number of anilines is 2. The number of rotatable bonds is 13. The Morgan fingerprint density at radius 1 is 0.906 bits per heavy atom. The van der Waals surface area contributed by atoms with E-state index in [1.165, 1.54) is 57.9 Å². The van der Waals surface area contributed by atoms with Gasteiger partial charge in [0.15, 0.2) is 0 Å². The molecule has 5 aliphatic rings. The summed E-state index contributed by atoms with van der Waals surface area (Å²) in [6.45, 7) is 4.56. The van der Waals surface area contributed by atoms with E-state index in [4.69, 9.17) is 9.47 Å². The van der Waals surface area contributed by atoms with E-state index in [-0.39, 0.29) is 23.0 Å². The molecule has 0 bridgehead atoms. The molecular formula is C48H56N8O7S. The zero-order valence-electron chi connectivity index (χ0n) is 36.0. The maximum Gasteiger partial charge on any atom is 0.312 e. The van der Waals surface area contributed by atoms with E-state index in [9.17, 15) is 23.3 Å². The van der Waals surface area contributed by atoms with Crippen molar-refractivity contribution >= 4 is 44.2 Å². The number of nitrogens with zero attached hydrogens (tertiary/aromatic N) is 5. The smallest absolute Gasteiger partial charge is 0.312 e. The number of benzene rings is 2. The van der Waals surface area contributed by atoms with Gasteiger partial charge in [0.2, 0.25) is 5.82 Å². The monoisotopic (exact) mass is 888 g/mol. The van der Waals surface area contributed by atoms with Crippen molar-refractivity contribution in [1.82, 2.24) is 24.6 Å². The number of carbonyl (C=O) groups is 1. The Morgan fingerprint density at radius 3 is 2.45 bits per heavy atom. The first kappa shape index (κ1) is 42.4. The molecule has 16 heteroatoms. The van der Waals surface area contributed by atoms with Crippen molar-refractivity contribution in [3.8, 4) is 11.5 Å². The molecule has 5 aromatic rings. The van der Waals surface area contributed by atoms with Gasteiger partial charge in [-0.3, -0.25) is 19.8 Å². The van der Waals surface area contributed by atoms with Crippen molar-refractivity contribution in [3.63, 3.8) is 0 Å². The van der Waals surface area contributed by atoms with Gasteiger partial charge in [-0.15, -0.1) is 0 Å². The van der Waals surface area contributed by atoms with Gasteiger partial charge in [-0.25, -0.2) is 23.1 Å². The predicted octanol–water partition coefficient (Wildman–Crippen LogP) is 8.86. The van der Waals surface area contributed by atoms with Gasteiger partial charge in [0, 0.05) is 74.3 Å². The summed E-state index contributed by atoms with van der Waals surface area (Å²) in [6, 6.07) is 20.1. The van der Waals surface area contributed by atoms with Crippen LogP contribution in [0.3, 0.4) is 0 Å². The first-order valence-corrected chi connectivity index (χ1v) is 24.5. The van der Waals surface area contributed by atoms with E-state index in [0.717, 1.165) is 68.0 Å². The Bertz CT molecular complexity index is 2630. The number of nitro groups is 1. The number of fused-ring (bicyclic) bond motifs is 1. The first-order chi connectivity index (χ1) is 31.1. The molecule has 10 rings (SSSR count). The molecule has 1 spiro atoms. The normalized spacial score (nSPS) is 21.0. The van der Waals surface area contributed by atoms with Crippen molar-refractivity contribution < 1.29 is 27.6 Å². The van der Waals surface area contributed by atoms with Crippen LogP contribution in [0.5, 0.6) is 11.5 Å². The highest BCUT2D eigenvalue weighted by Crippen LogP contribution is 2.50. The Labute approximate surface area is 373 Å². The van der Waals surface area contributed by atoms with Gasteiger partial charge < -0.3 is 24.7 Å². The Hall–Kier alpha value is -5.58. The average Bonchev–Trinajstić information content (AvgIpc) is 3.85. The van der Waals surface area contributed by atoms with Crippen LogP contribution in [0.25, 0.3) is 11.0 Å². The second kappa shape index (κ2) is 17.8. The van der Waals surface area contributed by atoms with Gasteiger partial charge in [-0.1, -0.05) is 24.3 Å². The SMILES string of the molecule is O=C(NS(=O)(=O)c1cnc(NCC2CCOCC2)c([N+](=O)[O-])c1)c1ccc(N2CCC3(CCC(N4CCC[C@@H]4c4ccccc4C4CC4)CC3)CC2)cc1Oc1cnc2[nH]ccc2c1. The molecular weight excluding hydrogens is 833 g/mol. The molecule has 5 fully saturated rings. The summed E-state index contributed by atoms with van der Waals surface area (Å²) in [5.74, 6) is 0.530. The highest BCUT2D eigenvalue weighted by Gasteiger charge is 2.42. The molecule has 3 aromatic heterocycles. The largest absolute Gasteiger partial charge is 0.455 e. The number of ether oxygens (including phenoxy) is 2. The molecule has 1 amide bonds. The van der Waals surface area contributed by atoms with Gasteiger partial charge in [0.1, 0.15) is 22.0 Å². The Kier molecular flexibility index (Phi) is 11.8. The lowest BCUT2D eigenvalue weighted by Gasteiger charge is -2.48. The summed E-state index contributed by atoms with van der Waals surface area (Å²) in [5.41, 5.74) is 4.48. The molecule has 6 heterocycles. The number of amides is 1. The second-order valence-electron chi connectivity index (χ2n) is 18.6. The van der Waals surface area contributed by atoms with Crippen LogP contribution in [0.2, 0.25) is 0 Å². The van der Waals surface area contributed by atoms with Crippen LogP contribution >= 0.6 is 0 Å². The third kappa shape index (κ3) is 8.91. The topological polar surface area (TPSA) is 185 Å². The van der Waals surface area contributed by atoms with Crippen molar-refractivity contribution in [1.29, 1.82) is 0 Å². The molecule has 0 unspecified atom stereocenters. The lowest BCUT2D eigenvalue weighted by molar-refractivity contribution is -0.384. The number of hydrogen-bond donors (Lipinski definition) is 3. The zero-order chi connectivity index (χ0) is 43.8. The molecule has 3 N–H and O–H groups in total. The third-order valence-electron chi connectivity index (χ3n) is 14.6. The summed E-state index contributed by atoms with van der Waals surface area (Å²) in [4.78, 5) is 41.6. The molecule has 3 aliphatic heterocycles. The van der Waals surface area contributed by atoms with E-state index in [1.807, 2.05) is 12.1 Å². The van der Waals surface area contributed by atoms with Crippen LogP contribution in [0.4, 0.5) is 17.2 Å². The number of likely N-dealkylation sites (tertiary alicyclic amines) is 1. The number of pyridine rings is 2. The molecule has 3 saturated heterocycles. The number of piperidine rings is 1. The summed E-state index contributed by atoms with van der Waals surface area (Å²) in [7, 11) is -4.60. The van der Waals surface area contributed by atoms with Crippen LogP contribution in [0.15, 0.2) is 84.1 Å². The Morgan fingerprint density at radius 2 is 1.69 bits per heavy atom. The van der Waals surface area contributed by atoms with Crippen LogP contribution < -0.4 is 19.7 Å². The molecule has 2 aliphatic carbocycles. The highest BCUT2D eigenvalue weighted by molar-refractivity contribution is 7.90. The molecule has 2 aromatic carbocycles. The lowest BCUT2D eigenvalue weighted by atomic mass is 9.66. The lowest BCUT2D eigenvalue weighted by Crippen LogP contribution is -2.45. The fourth-order valence-corrected chi connectivity index (χ4v) is 11.7. The maximum atomic E-state index is 14.0. The third-order valence-corrected chi connectivity index (χ3v) is 15.9. The van der Waals surface area contributed by atoms with E-state index >= 15 is 0 Å². The number of sulfonamides is 1. The molecule has 336 valence electrons. The minimum absolute atomic E-state index is 0.0227. The van der Waals surface area contributed by atoms with Crippen LogP contribution in [0.1, 0.15) is 110 Å². The maximum absolute atomic E-state index is 14.0.